The number of alkyl halides is 3. The first kappa shape index (κ1) is 19.5. The van der Waals surface area contributed by atoms with E-state index in [1.807, 2.05) is 18.2 Å². The first-order valence-electron chi connectivity index (χ1n) is 8.11. The van der Waals surface area contributed by atoms with E-state index in [4.69, 9.17) is 0 Å². The van der Waals surface area contributed by atoms with Gasteiger partial charge in [0, 0.05) is 51.2 Å². The molecule has 0 spiro atoms. The van der Waals surface area contributed by atoms with Gasteiger partial charge in [0.05, 0.1) is 5.56 Å². The Morgan fingerprint density at radius 3 is 2.46 bits per heavy atom. The highest BCUT2D eigenvalue weighted by atomic mass is 19.4. The largest absolute Gasteiger partial charge is 0.419 e. The van der Waals surface area contributed by atoms with E-state index in [-0.39, 0.29) is 12.4 Å². The molecule has 0 fully saturated rings. The summed E-state index contributed by atoms with van der Waals surface area (Å²) in [5, 5.41) is 8.85. The monoisotopic (exact) mass is 366 g/mol. The summed E-state index contributed by atoms with van der Waals surface area (Å²) in [6.45, 7) is 1.29. The molecule has 3 N–H and O–H groups in total. The quantitative estimate of drug-likeness (QED) is 0.398. The van der Waals surface area contributed by atoms with Crippen molar-refractivity contribution in [1.82, 2.24) is 20.6 Å². The van der Waals surface area contributed by atoms with E-state index in [0.717, 1.165) is 18.2 Å². The van der Waals surface area contributed by atoms with Gasteiger partial charge in [-0.1, -0.05) is 6.07 Å². The lowest BCUT2D eigenvalue weighted by Gasteiger charge is -2.15. The Bertz CT molecular complexity index is 703. The molecule has 6 nitrogen and oxygen atoms in total. The summed E-state index contributed by atoms with van der Waals surface area (Å²) in [5.74, 6) is 0.389. The van der Waals surface area contributed by atoms with E-state index in [0.29, 0.717) is 19.0 Å². The number of hydrogen-bond acceptors (Lipinski definition) is 4. The molecule has 2 aromatic heterocycles. The molecular weight excluding hydrogens is 345 g/mol. The van der Waals surface area contributed by atoms with Crippen molar-refractivity contribution >= 4 is 11.8 Å². The number of hydrogen-bond donors (Lipinski definition) is 3. The van der Waals surface area contributed by atoms with Crippen LogP contribution in [0.15, 0.2) is 47.7 Å². The van der Waals surface area contributed by atoms with E-state index in [2.05, 4.69) is 30.9 Å². The molecule has 0 amide bonds. The Labute approximate surface area is 150 Å². The maximum absolute atomic E-state index is 12.9. The molecule has 140 valence electrons. The van der Waals surface area contributed by atoms with Crippen LogP contribution in [0.5, 0.6) is 0 Å². The number of aromatic nitrogens is 2. The number of nitrogens with zero attached hydrogens (tertiary/aromatic N) is 3. The zero-order valence-corrected chi connectivity index (χ0v) is 14.3. The maximum atomic E-state index is 12.9. The Balaban J connectivity index is 1.73. The molecule has 0 aliphatic heterocycles. The number of aliphatic imine (C=N–C) groups is 1. The summed E-state index contributed by atoms with van der Waals surface area (Å²) in [5.41, 5.74) is 0.185. The lowest BCUT2D eigenvalue weighted by atomic mass is 10.2. The fourth-order valence-electron chi connectivity index (χ4n) is 2.21. The number of anilines is 1. The highest BCUT2D eigenvalue weighted by Gasteiger charge is 2.33. The van der Waals surface area contributed by atoms with Crippen LogP contribution in [0.2, 0.25) is 0 Å². The molecule has 9 heteroatoms. The Morgan fingerprint density at radius 2 is 1.77 bits per heavy atom. The number of pyridine rings is 2. The average Bonchev–Trinajstić information content (AvgIpc) is 2.64. The molecule has 0 aromatic carbocycles. The topological polar surface area (TPSA) is 74.2 Å². The van der Waals surface area contributed by atoms with E-state index in [9.17, 15) is 13.2 Å². The predicted octanol–water partition coefficient (Wildman–Crippen LogP) is 2.31. The fourth-order valence-corrected chi connectivity index (χ4v) is 2.21. The highest BCUT2D eigenvalue weighted by molar-refractivity contribution is 5.79. The van der Waals surface area contributed by atoms with Crippen molar-refractivity contribution in [3.63, 3.8) is 0 Å². The first-order valence-corrected chi connectivity index (χ1v) is 8.11. The zero-order valence-electron chi connectivity index (χ0n) is 14.3. The third kappa shape index (κ3) is 6.23. The van der Waals surface area contributed by atoms with Crippen LogP contribution in [0, 0.1) is 0 Å². The van der Waals surface area contributed by atoms with Gasteiger partial charge in [0.2, 0.25) is 0 Å². The zero-order chi connectivity index (χ0) is 18.8. The summed E-state index contributed by atoms with van der Waals surface area (Å²) in [6, 6.07) is 7.98. The van der Waals surface area contributed by atoms with Crippen molar-refractivity contribution in [3.8, 4) is 0 Å². The Kier molecular flexibility index (Phi) is 7.19. The summed E-state index contributed by atoms with van der Waals surface area (Å²) in [4.78, 5) is 12.1. The van der Waals surface area contributed by atoms with E-state index < -0.39 is 11.7 Å². The third-order valence-corrected chi connectivity index (χ3v) is 3.45. The number of halogens is 3. The van der Waals surface area contributed by atoms with Crippen LogP contribution in [-0.2, 0) is 12.6 Å². The minimum atomic E-state index is -4.44. The number of guanidine groups is 1. The van der Waals surface area contributed by atoms with Gasteiger partial charge in [-0.2, -0.15) is 13.2 Å². The first-order chi connectivity index (χ1) is 12.5. The van der Waals surface area contributed by atoms with E-state index >= 15 is 0 Å². The van der Waals surface area contributed by atoms with Crippen LogP contribution in [0.3, 0.4) is 0 Å². The molecular formula is C17H21F3N6. The van der Waals surface area contributed by atoms with Gasteiger partial charge >= 0.3 is 6.18 Å². The predicted molar refractivity (Wildman–Crippen MR) is 95.0 cm³/mol. The van der Waals surface area contributed by atoms with Crippen molar-refractivity contribution in [2.75, 3.05) is 32.0 Å². The summed E-state index contributed by atoms with van der Waals surface area (Å²) in [6.07, 6.45) is -0.639. The Morgan fingerprint density at radius 1 is 1.00 bits per heavy atom. The van der Waals surface area contributed by atoms with Gasteiger partial charge in [-0.25, -0.2) is 4.98 Å². The summed E-state index contributed by atoms with van der Waals surface area (Å²) < 4.78 is 38.7. The standard InChI is InChI=1S/C17H21F3N6/c1-21-16(25-10-7-13-5-2-3-8-22-13)26-12-11-24-15-14(17(18,19)20)6-4-9-23-15/h2-6,8-9H,7,10-12H2,1H3,(H,23,24)(H2,21,25,26). The van der Waals surface area contributed by atoms with E-state index in [1.54, 1.807) is 13.2 Å². The van der Waals surface area contributed by atoms with Crippen molar-refractivity contribution < 1.29 is 13.2 Å². The second kappa shape index (κ2) is 9.59. The summed E-state index contributed by atoms with van der Waals surface area (Å²) in [7, 11) is 1.63. The van der Waals surface area contributed by atoms with Crippen LogP contribution in [0.1, 0.15) is 11.3 Å². The van der Waals surface area contributed by atoms with Crippen molar-refractivity contribution in [1.29, 1.82) is 0 Å². The second-order valence-corrected chi connectivity index (χ2v) is 5.32. The third-order valence-electron chi connectivity index (χ3n) is 3.45. The molecule has 0 radical (unpaired) electrons. The number of nitrogens with one attached hydrogen (secondary N) is 3. The normalized spacial score (nSPS) is 11.9. The van der Waals surface area contributed by atoms with Gasteiger partial charge in [-0.3, -0.25) is 9.98 Å². The lowest BCUT2D eigenvalue weighted by molar-refractivity contribution is -0.137. The lowest BCUT2D eigenvalue weighted by Crippen LogP contribution is -2.40. The van der Waals surface area contributed by atoms with Gasteiger partial charge in [-0.05, 0) is 24.3 Å². The van der Waals surface area contributed by atoms with Crippen molar-refractivity contribution in [2.24, 2.45) is 4.99 Å². The van der Waals surface area contributed by atoms with Gasteiger partial charge in [0.15, 0.2) is 5.96 Å². The Hall–Kier alpha value is -2.84. The summed E-state index contributed by atoms with van der Waals surface area (Å²) >= 11 is 0. The molecule has 26 heavy (non-hydrogen) atoms. The molecule has 0 unspecified atom stereocenters. The van der Waals surface area contributed by atoms with Crippen LogP contribution in [0.25, 0.3) is 0 Å². The molecule has 0 saturated carbocycles. The van der Waals surface area contributed by atoms with Crippen molar-refractivity contribution in [2.45, 2.75) is 12.6 Å². The molecule has 0 aliphatic rings. The molecule has 2 aromatic rings. The van der Waals surface area contributed by atoms with Crippen molar-refractivity contribution in [3.05, 3.63) is 54.0 Å². The SMILES string of the molecule is CN=C(NCCNc1ncccc1C(F)(F)F)NCCc1ccccn1. The smallest absolute Gasteiger partial charge is 0.368 e. The van der Waals surface area contributed by atoms with Crippen LogP contribution >= 0.6 is 0 Å². The molecule has 0 aliphatic carbocycles. The maximum Gasteiger partial charge on any atom is 0.419 e. The average molecular weight is 366 g/mol. The molecule has 2 rings (SSSR count). The van der Waals surface area contributed by atoms with Crippen LogP contribution in [0.4, 0.5) is 19.0 Å². The van der Waals surface area contributed by atoms with Gasteiger partial charge in [-0.15, -0.1) is 0 Å². The molecule has 0 saturated heterocycles. The molecule has 2 heterocycles. The van der Waals surface area contributed by atoms with E-state index in [1.165, 1.54) is 12.3 Å². The van der Waals surface area contributed by atoms with Crippen LogP contribution in [-0.4, -0.2) is 42.6 Å². The van der Waals surface area contributed by atoms with Crippen LogP contribution < -0.4 is 16.0 Å². The molecule has 0 atom stereocenters. The highest BCUT2D eigenvalue weighted by Crippen LogP contribution is 2.33. The van der Waals surface area contributed by atoms with Gasteiger partial charge < -0.3 is 16.0 Å². The molecule has 0 bridgehead atoms. The fraction of sp³-hybridized carbons (Fsp3) is 0.353. The minimum Gasteiger partial charge on any atom is -0.368 e. The second-order valence-electron chi connectivity index (χ2n) is 5.32. The van der Waals surface area contributed by atoms with Gasteiger partial charge in [0.1, 0.15) is 5.82 Å². The number of rotatable bonds is 7. The minimum absolute atomic E-state index is 0.181. The van der Waals surface area contributed by atoms with Gasteiger partial charge in [0.25, 0.3) is 0 Å².